The van der Waals surface area contributed by atoms with Crippen molar-refractivity contribution in [2.45, 2.75) is 76.7 Å². The molecule has 0 spiro atoms. The minimum atomic E-state index is 0. The SMILES string of the molecule is C.C.C.C.C1=CCC=C1.CCC.CCC. The Labute approximate surface area is 101 Å². The Morgan fingerprint density at radius 2 is 0.867 bits per heavy atom. The Morgan fingerprint density at radius 3 is 0.933 bits per heavy atom. The third kappa shape index (κ3) is 88.5. The van der Waals surface area contributed by atoms with Crippen LogP contribution in [0.1, 0.15) is 76.7 Å². The second-order valence-corrected chi connectivity index (χ2v) is 2.51. The normalized spacial score (nSPS) is 8.27. The van der Waals surface area contributed by atoms with E-state index >= 15 is 0 Å². The van der Waals surface area contributed by atoms with Gasteiger partial charge in [-0.15, -0.1) is 0 Å². The zero-order chi connectivity index (χ0) is 8.95. The van der Waals surface area contributed by atoms with E-state index in [1.165, 1.54) is 12.8 Å². The number of hydrogen-bond donors (Lipinski definition) is 0. The van der Waals surface area contributed by atoms with Crippen LogP contribution in [0.15, 0.2) is 24.3 Å². The largest absolute Gasteiger partial charge is 0.0808 e. The number of rotatable bonds is 0. The van der Waals surface area contributed by atoms with Crippen molar-refractivity contribution < 1.29 is 0 Å². The van der Waals surface area contributed by atoms with Crippen LogP contribution in [0, 0.1) is 0 Å². The first-order chi connectivity index (χ1) is 5.33. The molecule has 0 bridgehead atoms. The Bertz CT molecular complexity index is 76.2. The first-order valence-electron chi connectivity index (χ1n) is 4.64. The van der Waals surface area contributed by atoms with Crippen molar-refractivity contribution in [3.63, 3.8) is 0 Å². The molecule has 0 unspecified atom stereocenters. The van der Waals surface area contributed by atoms with Crippen molar-refractivity contribution >= 4 is 0 Å². The first kappa shape index (κ1) is 36.6. The van der Waals surface area contributed by atoms with Crippen LogP contribution < -0.4 is 0 Å². The van der Waals surface area contributed by atoms with E-state index in [4.69, 9.17) is 0 Å². The Hall–Kier alpha value is -0.520. The fourth-order valence-corrected chi connectivity index (χ4v) is 0.393. The maximum Gasteiger partial charge on any atom is -0.0163 e. The average molecular weight is 218 g/mol. The van der Waals surface area contributed by atoms with Crippen LogP contribution in [0.5, 0.6) is 0 Å². The minimum absolute atomic E-state index is 0. The molecule has 0 saturated heterocycles. The van der Waals surface area contributed by atoms with E-state index in [1.807, 2.05) is 0 Å². The van der Waals surface area contributed by atoms with Gasteiger partial charge in [0.1, 0.15) is 0 Å². The molecule has 0 heterocycles. The summed E-state index contributed by atoms with van der Waals surface area (Å²) in [7, 11) is 0. The maximum atomic E-state index is 2.12. The smallest absolute Gasteiger partial charge is 0.0163 e. The zero-order valence-corrected chi connectivity index (χ0v) is 8.43. The monoisotopic (exact) mass is 218 g/mol. The molecular weight excluding hydrogens is 180 g/mol. The quantitative estimate of drug-likeness (QED) is 0.416. The molecule has 0 heteroatoms. The molecule has 0 fully saturated rings. The first-order valence-corrected chi connectivity index (χ1v) is 4.64. The summed E-state index contributed by atoms with van der Waals surface area (Å²) in [6.45, 7) is 8.50. The summed E-state index contributed by atoms with van der Waals surface area (Å²) >= 11 is 0. The lowest BCUT2D eigenvalue weighted by Gasteiger charge is -1.57. The number of hydrogen-bond acceptors (Lipinski definition) is 0. The van der Waals surface area contributed by atoms with Crippen molar-refractivity contribution in [1.82, 2.24) is 0 Å². The molecule has 1 aliphatic rings. The summed E-state index contributed by atoms with van der Waals surface area (Å²) in [5.74, 6) is 0. The molecule has 0 amide bonds. The van der Waals surface area contributed by atoms with E-state index in [0.717, 1.165) is 6.42 Å². The van der Waals surface area contributed by atoms with E-state index in [2.05, 4.69) is 52.0 Å². The van der Waals surface area contributed by atoms with Crippen LogP contribution in [0.4, 0.5) is 0 Å². The highest BCUT2D eigenvalue weighted by Gasteiger charge is 1.72. The van der Waals surface area contributed by atoms with Gasteiger partial charge in [0.15, 0.2) is 0 Å². The van der Waals surface area contributed by atoms with Gasteiger partial charge in [0.2, 0.25) is 0 Å². The number of allylic oxidation sites excluding steroid dienone is 4. The Balaban J connectivity index is -0.0000000187. The molecule has 0 radical (unpaired) electrons. The summed E-state index contributed by atoms with van der Waals surface area (Å²) in [6, 6.07) is 0. The highest BCUT2D eigenvalue weighted by Crippen LogP contribution is 1.93. The fourth-order valence-electron chi connectivity index (χ4n) is 0.393. The molecule has 98 valence electrons. The summed E-state index contributed by atoms with van der Waals surface area (Å²) in [5, 5.41) is 0. The molecule has 1 rings (SSSR count). The van der Waals surface area contributed by atoms with Crippen molar-refractivity contribution in [2.24, 2.45) is 0 Å². The third-order valence-electron chi connectivity index (χ3n) is 0.655. The molecule has 0 nitrogen and oxygen atoms in total. The van der Waals surface area contributed by atoms with E-state index in [9.17, 15) is 0 Å². The molecule has 0 saturated carbocycles. The van der Waals surface area contributed by atoms with E-state index in [-0.39, 0.29) is 29.7 Å². The van der Waals surface area contributed by atoms with Crippen molar-refractivity contribution in [2.75, 3.05) is 0 Å². The lowest BCUT2D eigenvalue weighted by atomic mass is 10.5. The molecule has 0 aromatic heterocycles. The Kier molecular flexibility index (Phi) is 122. The van der Waals surface area contributed by atoms with Gasteiger partial charge in [0.25, 0.3) is 0 Å². The van der Waals surface area contributed by atoms with Gasteiger partial charge in [-0.2, -0.15) is 0 Å². The average Bonchev–Trinajstić information content (AvgIpc) is 2.44. The summed E-state index contributed by atoms with van der Waals surface area (Å²) in [6.07, 6.45) is 12.0. The van der Waals surface area contributed by atoms with Crippen molar-refractivity contribution in [1.29, 1.82) is 0 Å². The van der Waals surface area contributed by atoms with Crippen LogP contribution >= 0.6 is 0 Å². The van der Waals surface area contributed by atoms with Crippen LogP contribution in [-0.2, 0) is 0 Å². The van der Waals surface area contributed by atoms with Crippen molar-refractivity contribution in [3.05, 3.63) is 24.3 Å². The zero-order valence-electron chi connectivity index (χ0n) is 8.43. The highest BCUT2D eigenvalue weighted by molar-refractivity contribution is 5.11. The summed E-state index contributed by atoms with van der Waals surface area (Å²) in [4.78, 5) is 0. The topological polar surface area (TPSA) is 0 Å². The van der Waals surface area contributed by atoms with Gasteiger partial charge in [-0.05, 0) is 6.42 Å². The van der Waals surface area contributed by atoms with E-state index < -0.39 is 0 Å². The van der Waals surface area contributed by atoms with Gasteiger partial charge in [-0.3, -0.25) is 0 Å². The van der Waals surface area contributed by atoms with E-state index in [1.54, 1.807) is 0 Å². The van der Waals surface area contributed by atoms with Gasteiger partial charge in [-0.1, -0.05) is 94.5 Å². The molecule has 0 aliphatic heterocycles. The molecule has 0 N–H and O–H groups in total. The fraction of sp³-hybridized carbons (Fsp3) is 0.733. The molecular formula is C15H38. The van der Waals surface area contributed by atoms with Crippen LogP contribution in [0.2, 0.25) is 0 Å². The highest BCUT2D eigenvalue weighted by atomic mass is 13.8. The van der Waals surface area contributed by atoms with Gasteiger partial charge < -0.3 is 0 Å². The standard InChI is InChI=1S/C5H6.2C3H8.4CH4/c1-2-4-5-3-1;2*1-3-2;;;;/h1-4H,5H2;2*3H2,1-2H3;4*1H4. The van der Waals surface area contributed by atoms with E-state index in [0.29, 0.717) is 0 Å². The van der Waals surface area contributed by atoms with Crippen LogP contribution in [0.25, 0.3) is 0 Å². The third-order valence-corrected chi connectivity index (χ3v) is 0.655. The summed E-state index contributed by atoms with van der Waals surface area (Å²) in [5.41, 5.74) is 0. The van der Waals surface area contributed by atoms with Crippen LogP contribution in [0.3, 0.4) is 0 Å². The second-order valence-electron chi connectivity index (χ2n) is 2.51. The summed E-state index contributed by atoms with van der Waals surface area (Å²) < 4.78 is 0. The molecule has 15 heavy (non-hydrogen) atoms. The molecule has 0 aromatic rings. The molecule has 0 aromatic carbocycles. The minimum Gasteiger partial charge on any atom is -0.0808 e. The van der Waals surface area contributed by atoms with Gasteiger partial charge in [0, 0.05) is 0 Å². The second kappa shape index (κ2) is 50.0. The van der Waals surface area contributed by atoms with Crippen molar-refractivity contribution in [3.8, 4) is 0 Å². The maximum absolute atomic E-state index is 2.12. The van der Waals surface area contributed by atoms with Gasteiger partial charge >= 0.3 is 0 Å². The lowest BCUT2D eigenvalue weighted by Crippen LogP contribution is -1.37. The lowest BCUT2D eigenvalue weighted by molar-refractivity contribution is 1.09. The van der Waals surface area contributed by atoms with Gasteiger partial charge in [0.05, 0.1) is 0 Å². The molecule has 0 atom stereocenters. The predicted molar refractivity (Wildman–Crippen MR) is 81.8 cm³/mol. The van der Waals surface area contributed by atoms with Gasteiger partial charge in [-0.25, -0.2) is 0 Å². The van der Waals surface area contributed by atoms with Crippen LogP contribution in [-0.4, -0.2) is 0 Å². The Morgan fingerprint density at radius 1 is 0.667 bits per heavy atom. The predicted octanol–water partition coefficient (Wildman–Crippen LogP) is 6.88. The molecule has 1 aliphatic carbocycles.